The largest absolute Gasteiger partial charge is 0.399 e. The number of nitrogens with two attached hydrogens (primary N) is 1. The molecule has 4 nitrogen and oxygen atoms in total. The summed E-state index contributed by atoms with van der Waals surface area (Å²) in [5.74, 6) is 0.886. The molecule has 0 aliphatic carbocycles. The number of rotatable bonds is 3. The maximum atomic E-state index is 6.00. The molecule has 5 heteroatoms. The number of pyridine rings is 1. The second-order valence-electron chi connectivity index (χ2n) is 3.28. The van der Waals surface area contributed by atoms with Crippen LogP contribution in [0.4, 0.5) is 5.69 Å². The van der Waals surface area contributed by atoms with Crippen molar-refractivity contribution in [2.45, 2.75) is 6.42 Å². The van der Waals surface area contributed by atoms with Crippen LogP contribution in [0.25, 0.3) is 5.52 Å². The van der Waals surface area contributed by atoms with Gasteiger partial charge in [-0.25, -0.2) is 4.98 Å². The molecule has 0 saturated carbocycles. The van der Waals surface area contributed by atoms with Crippen molar-refractivity contribution in [2.75, 3.05) is 19.5 Å². The van der Waals surface area contributed by atoms with Crippen LogP contribution in [0.3, 0.4) is 0 Å². The number of nitrogen functional groups attached to an aromatic ring is 1. The summed E-state index contributed by atoms with van der Waals surface area (Å²) < 4.78 is 6.93. The van der Waals surface area contributed by atoms with Gasteiger partial charge in [0, 0.05) is 25.4 Å². The standard InChI is InChI=1S/C10H12ClN3O/c1-15-5-3-9-13-10(11)8-6-7(12)2-4-14(8)9/h2,4,6H,3,5,12H2,1H3. The van der Waals surface area contributed by atoms with E-state index < -0.39 is 0 Å². The molecule has 2 N–H and O–H groups in total. The van der Waals surface area contributed by atoms with Crippen LogP contribution in [-0.2, 0) is 11.2 Å². The Labute approximate surface area is 92.6 Å². The summed E-state index contributed by atoms with van der Waals surface area (Å²) >= 11 is 6.00. The van der Waals surface area contributed by atoms with Crippen LogP contribution in [0, 0.1) is 0 Å². The highest BCUT2D eigenvalue weighted by atomic mass is 35.5. The monoisotopic (exact) mass is 225 g/mol. The molecule has 0 aliphatic heterocycles. The van der Waals surface area contributed by atoms with E-state index in [1.54, 1.807) is 7.11 Å². The third-order valence-corrected chi connectivity index (χ3v) is 2.50. The van der Waals surface area contributed by atoms with Crippen molar-refractivity contribution in [2.24, 2.45) is 0 Å². The van der Waals surface area contributed by atoms with E-state index in [1.807, 2.05) is 22.7 Å². The van der Waals surface area contributed by atoms with E-state index in [4.69, 9.17) is 22.1 Å². The summed E-state index contributed by atoms with van der Waals surface area (Å²) in [5.41, 5.74) is 7.20. The summed E-state index contributed by atoms with van der Waals surface area (Å²) in [6.07, 6.45) is 2.60. The highest BCUT2D eigenvalue weighted by Crippen LogP contribution is 2.20. The van der Waals surface area contributed by atoms with Gasteiger partial charge in [0.2, 0.25) is 0 Å². The molecule has 0 aliphatic rings. The van der Waals surface area contributed by atoms with Gasteiger partial charge in [-0.05, 0) is 12.1 Å². The van der Waals surface area contributed by atoms with Crippen LogP contribution in [-0.4, -0.2) is 23.1 Å². The highest BCUT2D eigenvalue weighted by molar-refractivity contribution is 6.32. The Morgan fingerprint density at radius 2 is 2.40 bits per heavy atom. The van der Waals surface area contributed by atoms with E-state index in [1.165, 1.54) is 0 Å². The maximum Gasteiger partial charge on any atom is 0.155 e. The van der Waals surface area contributed by atoms with Crippen molar-refractivity contribution in [3.8, 4) is 0 Å². The fourth-order valence-corrected chi connectivity index (χ4v) is 1.74. The Bertz CT molecular complexity index is 481. The van der Waals surface area contributed by atoms with Crippen molar-refractivity contribution >= 4 is 22.8 Å². The lowest BCUT2D eigenvalue weighted by atomic mass is 10.3. The lowest BCUT2D eigenvalue weighted by Crippen LogP contribution is -2.00. The van der Waals surface area contributed by atoms with Gasteiger partial charge in [0.1, 0.15) is 5.82 Å². The minimum atomic E-state index is 0.480. The first kappa shape index (κ1) is 10.3. The molecule has 15 heavy (non-hydrogen) atoms. The average molecular weight is 226 g/mol. The first-order chi connectivity index (χ1) is 7.22. The topological polar surface area (TPSA) is 52.5 Å². The van der Waals surface area contributed by atoms with Gasteiger partial charge in [-0.2, -0.15) is 0 Å². The second kappa shape index (κ2) is 4.08. The summed E-state index contributed by atoms with van der Waals surface area (Å²) in [6, 6.07) is 3.63. The molecule has 0 saturated heterocycles. The Morgan fingerprint density at radius 3 is 3.13 bits per heavy atom. The van der Waals surface area contributed by atoms with E-state index in [-0.39, 0.29) is 0 Å². The third kappa shape index (κ3) is 1.91. The van der Waals surface area contributed by atoms with Gasteiger partial charge < -0.3 is 14.9 Å². The summed E-state index contributed by atoms with van der Waals surface area (Å²) in [6.45, 7) is 0.625. The molecule has 0 amide bonds. The quantitative estimate of drug-likeness (QED) is 0.866. The van der Waals surface area contributed by atoms with Crippen LogP contribution in [0.5, 0.6) is 0 Å². The maximum absolute atomic E-state index is 6.00. The molecule has 0 fully saturated rings. The molecular formula is C10H12ClN3O. The van der Waals surface area contributed by atoms with Crippen molar-refractivity contribution in [1.82, 2.24) is 9.38 Å². The van der Waals surface area contributed by atoms with Crippen LogP contribution >= 0.6 is 11.6 Å². The van der Waals surface area contributed by atoms with E-state index >= 15 is 0 Å². The molecule has 2 aromatic rings. The second-order valence-corrected chi connectivity index (χ2v) is 3.63. The first-order valence-corrected chi connectivity index (χ1v) is 5.01. The Hall–Kier alpha value is -1.26. The molecular weight excluding hydrogens is 214 g/mol. The lowest BCUT2D eigenvalue weighted by molar-refractivity contribution is 0.200. The Kier molecular flexibility index (Phi) is 2.79. The van der Waals surface area contributed by atoms with Crippen LogP contribution in [0.1, 0.15) is 5.82 Å². The minimum Gasteiger partial charge on any atom is -0.399 e. The number of halogens is 1. The van der Waals surface area contributed by atoms with Crippen LogP contribution in [0.15, 0.2) is 18.3 Å². The molecule has 0 bridgehead atoms. The Balaban J connectivity index is 2.48. The number of anilines is 1. The van der Waals surface area contributed by atoms with Crippen molar-refractivity contribution in [1.29, 1.82) is 0 Å². The zero-order valence-electron chi connectivity index (χ0n) is 8.40. The molecule has 0 unspecified atom stereocenters. The summed E-state index contributed by atoms with van der Waals surface area (Å²) in [5, 5.41) is 0.480. The van der Waals surface area contributed by atoms with E-state index in [0.717, 1.165) is 17.8 Å². The predicted octanol–water partition coefficient (Wildman–Crippen LogP) is 1.76. The Morgan fingerprint density at radius 1 is 1.60 bits per heavy atom. The number of hydrogen-bond donors (Lipinski definition) is 1. The number of fused-ring (bicyclic) bond motifs is 1. The smallest absolute Gasteiger partial charge is 0.155 e. The molecule has 0 radical (unpaired) electrons. The number of aromatic nitrogens is 2. The molecule has 0 aromatic carbocycles. The van der Waals surface area contributed by atoms with Gasteiger partial charge in [0.25, 0.3) is 0 Å². The molecule has 0 atom stereocenters. The van der Waals surface area contributed by atoms with Gasteiger partial charge in [0.15, 0.2) is 5.15 Å². The third-order valence-electron chi connectivity index (χ3n) is 2.23. The predicted molar refractivity (Wildman–Crippen MR) is 60.2 cm³/mol. The average Bonchev–Trinajstić information content (AvgIpc) is 2.53. The van der Waals surface area contributed by atoms with Gasteiger partial charge in [0.05, 0.1) is 12.1 Å². The van der Waals surface area contributed by atoms with Gasteiger partial charge in [-0.15, -0.1) is 0 Å². The number of nitrogens with zero attached hydrogens (tertiary/aromatic N) is 2. The number of hydrogen-bond acceptors (Lipinski definition) is 3. The van der Waals surface area contributed by atoms with E-state index in [9.17, 15) is 0 Å². The first-order valence-electron chi connectivity index (χ1n) is 4.63. The van der Waals surface area contributed by atoms with E-state index in [0.29, 0.717) is 17.4 Å². The SMILES string of the molecule is COCCc1nc(Cl)c2cc(N)ccn12. The molecule has 80 valence electrons. The van der Waals surface area contributed by atoms with Gasteiger partial charge >= 0.3 is 0 Å². The van der Waals surface area contributed by atoms with Crippen molar-refractivity contribution in [3.05, 3.63) is 29.3 Å². The van der Waals surface area contributed by atoms with Crippen molar-refractivity contribution < 1.29 is 4.74 Å². The fraction of sp³-hybridized carbons (Fsp3) is 0.300. The molecule has 2 rings (SSSR count). The van der Waals surface area contributed by atoms with Crippen LogP contribution < -0.4 is 5.73 Å². The summed E-state index contributed by atoms with van der Waals surface area (Å²) in [7, 11) is 1.66. The molecule has 2 aromatic heterocycles. The number of ether oxygens (including phenoxy) is 1. The van der Waals surface area contributed by atoms with Crippen LogP contribution in [0.2, 0.25) is 5.15 Å². The lowest BCUT2D eigenvalue weighted by Gasteiger charge is -2.00. The zero-order valence-corrected chi connectivity index (χ0v) is 9.16. The fourth-order valence-electron chi connectivity index (χ4n) is 1.49. The zero-order chi connectivity index (χ0) is 10.8. The highest BCUT2D eigenvalue weighted by Gasteiger charge is 2.08. The van der Waals surface area contributed by atoms with Crippen molar-refractivity contribution in [3.63, 3.8) is 0 Å². The summed E-state index contributed by atoms with van der Waals surface area (Å²) in [4.78, 5) is 4.26. The number of imidazole rings is 1. The van der Waals surface area contributed by atoms with Gasteiger partial charge in [-0.3, -0.25) is 0 Å². The number of methoxy groups -OCH3 is 1. The van der Waals surface area contributed by atoms with Gasteiger partial charge in [-0.1, -0.05) is 11.6 Å². The molecule has 0 spiro atoms. The minimum absolute atomic E-state index is 0.480. The van der Waals surface area contributed by atoms with E-state index in [2.05, 4.69) is 4.98 Å². The normalized spacial score (nSPS) is 11.1. The molecule has 2 heterocycles.